The Labute approximate surface area is 96.5 Å². The molecular weight excluding hydrogens is 202 g/mol. The molecule has 0 spiro atoms. The summed E-state index contributed by atoms with van der Waals surface area (Å²) in [5.74, 6) is 0.0630. The number of rotatable bonds is 7. The zero-order chi connectivity index (χ0) is 11.6. The van der Waals surface area contributed by atoms with E-state index in [1.807, 2.05) is 25.3 Å². The minimum Gasteiger partial charge on any atom is -0.355 e. The van der Waals surface area contributed by atoms with Crippen molar-refractivity contribution in [3.05, 3.63) is 30.1 Å². The zero-order valence-electron chi connectivity index (χ0n) is 9.70. The number of carbonyl (C=O) groups excluding carboxylic acids is 1. The second kappa shape index (κ2) is 7.82. The van der Waals surface area contributed by atoms with Crippen LogP contribution in [0.15, 0.2) is 24.5 Å². The van der Waals surface area contributed by atoms with Crippen LogP contribution >= 0.6 is 0 Å². The number of hydrogen-bond donors (Lipinski definition) is 2. The standard InChI is InChI=1S/C12H19N3O/c1-2-6-15-12(16)10-14-8-5-11-4-3-7-13-9-11/h3-4,7,9,14H,2,5-6,8,10H2,1H3,(H,15,16). The number of carbonyl (C=O) groups is 1. The molecule has 0 aliphatic heterocycles. The van der Waals surface area contributed by atoms with E-state index in [1.165, 1.54) is 5.56 Å². The topological polar surface area (TPSA) is 54.0 Å². The summed E-state index contributed by atoms with van der Waals surface area (Å²) < 4.78 is 0. The van der Waals surface area contributed by atoms with Gasteiger partial charge in [0, 0.05) is 18.9 Å². The lowest BCUT2D eigenvalue weighted by atomic mass is 10.2. The number of nitrogens with zero attached hydrogens (tertiary/aromatic N) is 1. The fourth-order valence-corrected chi connectivity index (χ4v) is 1.31. The van der Waals surface area contributed by atoms with Crippen LogP contribution in [0.1, 0.15) is 18.9 Å². The Hall–Kier alpha value is -1.42. The third kappa shape index (κ3) is 5.46. The molecule has 0 saturated carbocycles. The van der Waals surface area contributed by atoms with E-state index < -0.39 is 0 Å². The van der Waals surface area contributed by atoms with Crippen molar-refractivity contribution < 1.29 is 4.79 Å². The van der Waals surface area contributed by atoms with Gasteiger partial charge >= 0.3 is 0 Å². The molecule has 0 aromatic carbocycles. The third-order valence-electron chi connectivity index (χ3n) is 2.17. The maximum atomic E-state index is 11.2. The van der Waals surface area contributed by atoms with Gasteiger partial charge < -0.3 is 10.6 Å². The van der Waals surface area contributed by atoms with Gasteiger partial charge in [-0.05, 0) is 31.0 Å². The number of hydrogen-bond acceptors (Lipinski definition) is 3. The molecule has 1 rings (SSSR count). The summed E-state index contributed by atoms with van der Waals surface area (Å²) in [5, 5.41) is 5.92. The molecule has 0 atom stereocenters. The first-order chi connectivity index (χ1) is 7.83. The maximum absolute atomic E-state index is 11.2. The van der Waals surface area contributed by atoms with E-state index in [4.69, 9.17) is 0 Å². The number of amides is 1. The highest BCUT2D eigenvalue weighted by molar-refractivity contribution is 5.77. The summed E-state index contributed by atoms with van der Waals surface area (Å²) in [6.07, 6.45) is 5.48. The third-order valence-corrected chi connectivity index (χ3v) is 2.17. The number of nitrogens with one attached hydrogen (secondary N) is 2. The van der Waals surface area contributed by atoms with E-state index in [1.54, 1.807) is 6.20 Å². The fourth-order valence-electron chi connectivity index (χ4n) is 1.31. The summed E-state index contributed by atoms with van der Waals surface area (Å²) in [5.41, 5.74) is 1.18. The molecule has 1 amide bonds. The molecule has 0 aliphatic rings. The van der Waals surface area contributed by atoms with Crippen molar-refractivity contribution in [3.63, 3.8) is 0 Å². The summed E-state index contributed by atoms with van der Waals surface area (Å²) in [6.45, 7) is 3.98. The molecule has 4 nitrogen and oxygen atoms in total. The lowest BCUT2D eigenvalue weighted by Crippen LogP contribution is -2.35. The Morgan fingerprint density at radius 3 is 3.00 bits per heavy atom. The highest BCUT2D eigenvalue weighted by Crippen LogP contribution is 1.94. The van der Waals surface area contributed by atoms with Crippen LogP contribution in [-0.4, -0.2) is 30.5 Å². The predicted molar refractivity (Wildman–Crippen MR) is 64.1 cm³/mol. The van der Waals surface area contributed by atoms with Crippen LogP contribution in [0.5, 0.6) is 0 Å². The molecule has 0 radical (unpaired) electrons. The van der Waals surface area contributed by atoms with Crippen molar-refractivity contribution in [1.82, 2.24) is 15.6 Å². The average molecular weight is 221 g/mol. The summed E-state index contributed by atoms with van der Waals surface area (Å²) >= 11 is 0. The van der Waals surface area contributed by atoms with Crippen LogP contribution in [0.4, 0.5) is 0 Å². The molecule has 0 aliphatic carbocycles. The van der Waals surface area contributed by atoms with Crippen LogP contribution in [0.25, 0.3) is 0 Å². The van der Waals surface area contributed by atoms with Gasteiger partial charge in [-0.25, -0.2) is 0 Å². The van der Waals surface area contributed by atoms with Crippen LogP contribution in [0.2, 0.25) is 0 Å². The van der Waals surface area contributed by atoms with Crippen LogP contribution in [0, 0.1) is 0 Å². The first-order valence-electron chi connectivity index (χ1n) is 5.69. The molecule has 1 aromatic rings. The molecular formula is C12H19N3O. The Balaban J connectivity index is 2.06. The Bertz CT molecular complexity index is 300. The van der Waals surface area contributed by atoms with Gasteiger partial charge in [-0.3, -0.25) is 9.78 Å². The van der Waals surface area contributed by atoms with Crippen molar-refractivity contribution in [2.45, 2.75) is 19.8 Å². The molecule has 0 unspecified atom stereocenters. The van der Waals surface area contributed by atoms with Gasteiger partial charge in [0.2, 0.25) is 5.91 Å². The van der Waals surface area contributed by atoms with Gasteiger partial charge in [0.05, 0.1) is 6.54 Å². The highest BCUT2D eigenvalue weighted by Gasteiger charge is 1.98. The molecule has 0 bridgehead atoms. The molecule has 2 N–H and O–H groups in total. The fraction of sp³-hybridized carbons (Fsp3) is 0.500. The van der Waals surface area contributed by atoms with Gasteiger partial charge in [-0.1, -0.05) is 13.0 Å². The van der Waals surface area contributed by atoms with Crippen molar-refractivity contribution >= 4 is 5.91 Å². The van der Waals surface area contributed by atoms with Gasteiger partial charge in [0.25, 0.3) is 0 Å². The van der Waals surface area contributed by atoms with E-state index in [0.29, 0.717) is 6.54 Å². The molecule has 16 heavy (non-hydrogen) atoms. The largest absolute Gasteiger partial charge is 0.355 e. The van der Waals surface area contributed by atoms with Gasteiger partial charge in [-0.2, -0.15) is 0 Å². The Morgan fingerprint density at radius 2 is 2.31 bits per heavy atom. The Morgan fingerprint density at radius 1 is 1.44 bits per heavy atom. The maximum Gasteiger partial charge on any atom is 0.233 e. The van der Waals surface area contributed by atoms with Crippen molar-refractivity contribution in [2.75, 3.05) is 19.6 Å². The Kier molecular flexibility index (Phi) is 6.18. The summed E-state index contributed by atoms with van der Waals surface area (Å²) in [7, 11) is 0. The second-order valence-electron chi connectivity index (χ2n) is 3.64. The zero-order valence-corrected chi connectivity index (χ0v) is 9.70. The number of pyridine rings is 1. The van der Waals surface area contributed by atoms with Crippen molar-refractivity contribution in [2.24, 2.45) is 0 Å². The lowest BCUT2D eigenvalue weighted by Gasteiger charge is -2.05. The monoisotopic (exact) mass is 221 g/mol. The van der Waals surface area contributed by atoms with Crippen molar-refractivity contribution in [3.8, 4) is 0 Å². The molecule has 88 valence electrons. The number of aromatic nitrogens is 1. The average Bonchev–Trinajstić information content (AvgIpc) is 2.33. The molecule has 0 saturated heterocycles. The quantitative estimate of drug-likeness (QED) is 0.668. The molecule has 0 fully saturated rings. The smallest absolute Gasteiger partial charge is 0.233 e. The lowest BCUT2D eigenvalue weighted by molar-refractivity contribution is -0.120. The predicted octanol–water partition coefficient (Wildman–Crippen LogP) is 0.740. The van der Waals surface area contributed by atoms with E-state index in [9.17, 15) is 4.79 Å². The molecule has 1 heterocycles. The van der Waals surface area contributed by atoms with Gasteiger partial charge in [-0.15, -0.1) is 0 Å². The molecule has 4 heteroatoms. The summed E-state index contributed by atoms with van der Waals surface area (Å²) in [4.78, 5) is 15.3. The van der Waals surface area contributed by atoms with E-state index in [0.717, 1.165) is 25.9 Å². The first kappa shape index (κ1) is 12.6. The first-order valence-corrected chi connectivity index (χ1v) is 5.69. The van der Waals surface area contributed by atoms with Crippen LogP contribution in [-0.2, 0) is 11.2 Å². The SMILES string of the molecule is CCCNC(=O)CNCCc1cccnc1. The van der Waals surface area contributed by atoms with Crippen molar-refractivity contribution in [1.29, 1.82) is 0 Å². The van der Waals surface area contributed by atoms with E-state index in [-0.39, 0.29) is 5.91 Å². The minimum atomic E-state index is 0.0630. The van der Waals surface area contributed by atoms with Gasteiger partial charge in [0.1, 0.15) is 0 Å². The molecule has 1 aromatic heterocycles. The van der Waals surface area contributed by atoms with E-state index in [2.05, 4.69) is 15.6 Å². The minimum absolute atomic E-state index is 0.0630. The van der Waals surface area contributed by atoms with Gasteiger partial charge in [0.15, 0.2) is 0 Å². The second-order valence-corrected chi connectivity index (χ2v) is 3.64. The van der Waals surface area contributed by atoms with E-state index >= 15 is 0 Å². The van der Waals surface area contributed by atoms with Crippen LogP contribution in [0.3, 0.4) is 0 Å². The van der Waals surface area contributed by atoms with Crippen LogP contribution < -0.4 is 10.6 Å². The highest BCUT2D eigenvalue weighted by atomic mass is 16.1. The normalized spacial score (nSPS) is 10.1. The summed E-state index contributed by atoms with van der Waals surface area (Å²) in [6, 6.07) is 3.95.